The summed E-state index contributed by atoms with van der Waals surface area (Å²) in [5.74, 6) is 2.22. The first-order valence-electron chi connectivity index (χ1n) is 8.42. The Hall–Kier alpha value is -2.47. The average molecular weight is 323 g/mol. The minimum atomic E-state index is 0.601. The van der Waals surface area contributed by atoms with E-state index < -0.39 is 0 Å². The molecular formula is C18H21N5O. The Morgan fingerprint density at radius 3 is 2.96 bits per heavy atom. The number of benzene rings is 1. The van der Waals surface area contributed by atoms with Crippen molar-refractivity contribution in [1.82, 2.24) is 24.6 Å². The summed E-state index contributed by atoms with van der Waals surface area (Å²) in [5.41, 5.74) is 1.07. The first-order chi connectivity index (χ1) is 11.9. The molecule has 6 nitrogen and oxygen atoms in total. The largest absolute Gasteiger partial charge is 0.439 e. The van der Waals surface area contributed by atoms with E-state index in [0.717, 1.165) is 43.4 Å². The first kappa shape index (κ1) is 15.1. The minimum absolute atomic E-state index is 0.601. The Morgan fingerprint density at radius 1 is 1.21 bits per heavy atom. The minimum Gasteiger partial charge on any atom is -0.439 e. The maximum atomic E-state index is 5.93. The zero-order valence-electron chi connectivity index (χ0n) is 13.6. The SMILES string of the molecule is c1ccc(-c2cnc(CN3CCC[C@H](Cn4cncn4)C3)o2)cc1. The van der Waals surface area contributed by atoms with Gasteiger partial charge >= 0.3 is 0 Å². The van der Waals surface area contributed by atoms with Gasteiger partial charge in [0.05, 0.1) is 12.7 Å². The van der Waals surface area contributed by atoms with Crippen LogP contribution in [0.3, 0.4) is 0 Å². The van der Waals surface area contributed by atoms with Crippen LogP contribution in [-0.4, -0.2) is 37.7 Å². The van der Waals surface area contributed by atoms with Crippen molar-refractivity contribution in [2.75, 3.05) is 13.1 Å². The van der Waals surface area contributed by atoms with Crippen LogP contribution in [0.5, 0.6) is 0 Å². The summed E-state index contributed by atoms with van der Waals surface area (Å²) in [6.45, 7) is 3.83. The average Bonchev–Trinajstić information content (AvgIpc) is 3.28. The molecule has 3 heterocycles. The summed E-state index contributed by atoms with van der Waals surface area (Å²) < 4.78 is 7.86. The maximum Gasteiger partial charge on any atom is 0.209 e. The van der Waals surface area contributed by atoms with Crippen molar-refractivity contribution in [3.63, 3.8) is 0 Å². The van der Waals surface area contributed by atoms with Crippen LogP contribution in [0, 0.1) is 5.92 Å². The molecule has 124 valence electrons. The molecule has 0 amide bonds. The smallest absolute Gasteiger partial charge is 0.209 e. The van der Waals surface area contributed by atoms with E-state index in [0.29, 0.717) is 5.92 Å². The van der Waals surface area contributed by atoms with Crippen LogP contribution in [0.25, 0.3) is 11.3 Å². The van der Waals surface area contributed by atoms with Crippen LogP contribution >= 0.6 is 0 Å². The van der Waals surface area contributed by atoms with Gasteiger partial charge in [0, 0.05) is 18.7 Å². The van der Waals surface area contributed by atoms with E-state index in [-0.39, 0.29) is 0 Å². The summed E-state index contributed by atoms with van der Waals surface area (Å²) >= 11 is 0. The van der Waals surface area contributed by atoms with Crippen molar-refractivity contribution in [3.05, 3.63) is 55.1 Å². The molecule has 4 rings (SSSR count). The molecule has 0 spiro atoms. The number of piperidine rings is 1. The summed E-state index contributed by atoms with van der Waals surface area (Å²) in [6.07, 6.45) is 7.64. The van der Waals surface area contributed by atoms with Crippen molar-refractivity contribution in [2.45, 2.75) is 25.9 Å². The fraction of sp³-hybridized carbons (Fsp3) is 0.389. The molecule has 1 aliphatic heterocycles. The maximum absolute atomic E-state index is 5.93. The molecule has 1 fully saturated rings. The molecular weight excluding hydrogens is 302 g/mol. The molecule has 0 aliphatic carbocycles. The second kappa shape index (κ2) is 6.97. The predicted octanol–water partition coefficient (Wildman–Crippen LogP) is 2.85. The predicted molar refractivity (Wildman–Crippen MR) is 90.0 cm³/mol. The quantitative estimate of drug-likeness (QED) is 0.722. The molecule has 0 unspecified atom stereocenters. The lowest BCUT2D eigenvalue weighted by molar-refractivity contribution is 0.142. The van der Waals surface area contributed by atoms with Crippen LogP contribution in [0.4, 0.5) is 0 Å². The van der Waals surface area contributed by atoms with Crippen LogP contribution in [-0.2, 0) is 13.1 Å². The van der Waals surface area contributed by atoms with Gasteiger partial charge in [-0.1, -0.05) is 30.3 Å². The zero-order valence-corrected chi connectivity index (χ0v) is 13.6. The fourth-order valence-electron chi connectivity index (χ4n) is 3.35. The number of aromatic nitrogens is 4. The van der Waals surface area contributed by atoms with Gasteiger partial charge in [-0.15, -0.1) is 0 Å². The fourth-order valence-corrected chi connectivity index (χ4v) is 3.35. The van der Waals surface area contributed by atoms with Crippen LogP contribution in [0.15, 0.2) is 53.6 Å². The lowest BCUT2D eigenvalue weighted by atomic mass is 9.98. The third kappa shape index (κ3) is 3.54. The third-order valence-electron chi connectivity index (χ3n) is 4.49. The molecule has 1 aromatic carbocycles. The lowest BCUT2D eigenvalue weighted by Crippen LogP contribution is -2.36. The van der Waals surface area contributed by atoms with Gasteiger partial charge in [0.2, 0.25) is 5.89 Å². The molecule has 1 atom stereocenters. The molecule has 0 radical (unpaired) electrons. The van der Waals surface area contributed by atoms with Gasteiger partial charge in [-0.05, 0) is 25.3 Å². The van der Waals surface area contributed by atoms with Gasteiger partial charge in [0.15, 0.2) is 5.76 Å². The van der Waals surface area contributed by atoms with E-state index in [9.17, 15) is 0 Å². The normalized spacial score (nSPS) is 18.8. The third-order valence-corrected chi connectivity index (χ3v) is 4.49. The van der Waals surface area contributed by atoms with Gasteiger partial charge in [0.1, 0.15) is 12.7 Å². The monoisotopic (exact) mass is 323 g/mol. The zero-order chi connectivity index (χ0) is 16.2. The highest BCUT2D eigenvalue weighted by Gasteiger charge is 2.22. The molecule has 1 saturated heterocycles. The summed E-state index contributed by atoms with van der Waals surface area (Å²) in [6, 6.07) is 10.1. The molecule has 24 heavy (non-hydrogen) atoms. The van der Waals surface area contributed by atoms with Gasteiger partial charge in [-0.3, -0.25) is 9.58 Å². The molecule has 6 heteroatoms. The molecule has 2 aromatic heterocycles. The highest BCUT2D eigenvalue weighted by molar-refractivity contribution is 5.55. The van der Waals surface area contributed by atoms with Crippen molar-refractivity contribution < 1.29 is 4.42 Å². The summed E-state index contributed by atoms with van der Waals surface area (Å²) in [5, 5.41) is 4.21. The number of nitrogens with zero attached hydrogens (tertiary/aromatic N) is 5. The standard InChI is InChI=1S/C18H21N5O/c1-2-6-16(7-3-1)17-9-20-18(24-17)12-22-8-4-5-15(10-22)11-23-14-19-13-21-23/h1-3,6-7,9,13-15H,4-5,8,10-12H2/t15-/m0/s1. The number of hydrogen-bond acceptors (Lipinski definition) is 5. The molecule has 1 aliphatic rings. The Morgan fingerprint density at radius 2 is 2.12 bits per heavy atom. The number of likely N-dealkylation sites (tertiary alicyclic amines) is 1. The number of rotatable bonds is 5. The molecule has 0 N–H and O–H groups in total. The summed E-state index contributed by atoms with van der Waals surface area (Å²) in [7, 11) is 0. The van der Waals surface area contributed by atoms with Crippen LogP contribution in [0.1, 0.15) is 18.7 Å². The van der Waals surface area contributed by atoms with Gasteiger partial charge in [0.25, 0.3) is 0 Å². The van der Waals surface area contributed by atoms with Gasteiger partial charge < -0.3 is 4.42 Å². The molecule has 0 bridgehead atoms. The highest BCUT2D eigenvalue weighted by Crippen LogP contribution is 2.23. The Labute approximate surface area is 141 Å². The van der Waals surface area contributed by atoms with Crippen molar-refractivity contribution in [3.8, 4) is 11.3 Å². The van der Waals surface area contributed by atoms with E-state index in [1.165, 1.54) is 12.8 Å². The Bertz CT molecular complexity index is 753. The number of oxazole rings is 1. The number of hydrogen-bond donors (Lipinski definition) is 0. The topological polar surface area (TPSA) is 60.0 Å². The second-order valence-electron chi connectivity index (χ2n) is 6.35. The van der Waals surface area contributed by atoms with Crippen molar-refractivity contribution in [1.29, 1.82) is 0 Å². The van der Waals surface area contributed by atoms with E-state index in [1.54, 1.807) is 12.7 Å². The van der Waals surface area contributed by atoms with Crippen molar-refractivity contribution >= 4 is 0 Å². The highest BCUT2D eigenvalue weighted by atomic mass is 16.4. The van der Waals surface area contributed by atoms with Crippen molar-refractivity contribution in [2.24, 2.45) is 5.92 Å². The Kier molecular flexibility index (Phi) is 4.38. The first-order valence-corrected chi connectivity index (χ1v) is 8.42. The van der Waals surface area contributed by atoms with Gasteiger partial charge in [-0.2, -0.15) is 5.10 Å². The molecule has 0 saturated carbocycles. The second-order valence-corrected chi connectivity index (χ2v) is 6.35. The van der Waals surface area contributed by atoms with Crippen LogP contribution in [0.2, 0.25) is 0 Å². The van der Waals surface area contributed by atoms with Crippen LogP contribution < -0.4 is 0 Å². The van der Waals surface area contributed by atoms with E-state index in [1.807, 2.05) is 41.2 Å². The van der Waals surface area contributed by atoms with Gasteiger partial charge in [-0.25, -0.2) is 9.97 Å². The summed E-state index contributed by atoms with van der Waals surface area (Å²) in [4.78, 5) is 10.9. The van der Waals surface area contributed by atoms with E-state index >= 15 is 0 Å². The Balaban J connectivity index is 1.37. The van der Waals surface area contributed by atoms with E-state index in [4.69, 9.17) is 4.42 Å². The molecule has 3 aromatic rings. The van der Waals surface area contributed by atoms with E-state index in [2.05, 4.69) is 20.0 Å². The lowest BCUT2D eigenvalue weighted by Gasteiger charge is -2.31.